The second kappa shape index (κ2) is 20.5. The third-order valence-electron chi connectivity index (χ3n) is 8.10. The fraction of sp³-hybridized carbons (Fsp3) is 0.871. The molecule has 0 aromatic carbocycles. The molecule has 9 nitrogen and oxygen atoms in total. The first-order valence-corrected chi connectivity index (χ1v) is 14.9. The fourth-order valence-corrected chi connectivity index (χ4v) is 4.70. The number of carbonyl (C=O) groups is 2. The van der Waals surface area contributed by atoms with Gasteiger partial charge in [-0.25, -0.2) is 0 Å². The van der Waals surface area contributed by atoms with Crippen LogP contribution in [0.4, 0.5) is 0 Å². The number of allylic oxidation sites excluding steroid dienone is 2. The average molecular weight is 575 g/mol. The van der Waals surface area contributed by atoms with E-state index in [0.717, 1.165) is 36.7 Å². The number of hydrogen-bond donors (Lipinski definition) is 6. The molecule has 4 unspecified atom stereocenters. The number of rotatable bonds is 25. The highest BCUT2D eigenvalue weighted by atomic mass is 16.5. The maximum absolute atomic E-state index is 12.7. The van der Waals surface area contributed by atoms with Crippen molar-refractivity contribution in [2.75, 3.05) is 39.6 Å². The first-order valence-electron chi connectivity index (χ1n) is 14.9. The molecule has 0 rings (SSSR count). The SMILES string of the molecule is CC(=CCC(=O)C(O)C(CO)(COCC(CO)(CO)CO)C(=O)O)CCCC(C)CCCC(C)CCCC(C)C. The summed E-state index contributed by atoms with van der Waals surface area (Å²) in [5, 5.41) is 58.4. The van der Waals surface area contributed by atoms with E-state index in [-0.39, 0.29) is 6.42 Å². The van der Waals surface area contributed by atoms with Gasteiger partial charge in [0, 0.05) is 6.42 Å². The number of ketones is 1. The van der Waals surface area contributed by atoms with Crippen LogP contribution < -0.4 is 0 Å². The van der Waals surface area contributed by atoms with Gasteiger partial charge in [0.25, 0.3) is 0 Å². The molecule has 4 atom stereocenters. The lowest BCUT2D eigenvalue weighted by Crippen LogP contribution is -2.53. The van der Waals surface area contributed by atoms with E-state index >= 15 is 0 Å². The quantitative estimate of drug-likeness (QED) is 0.0891. The van der Waals surface area contributed by atoms with Crippen molar-refractivity contribution in [2.24, 2.45) is 28.6 Å². The zero-order valence-corrected chi connectivity index (χ0v) is 25.6. The molecule has 0 aromatic heterocycles. The first kappa shape index (κ1) is 38.6. The average Bonchev–Trinajstić information content (AvgIpc) is 2.91. The second-order valence-electron chi connectivity index (χ2n) is 12.6. The van der Waals surface area contributed by atoms with Crippen molar-refractivity contribution >= 4 is 11.8 Å². The molecule has 0 bridgehead atoms. The van der Waals surface area contributed by atoms with Crippen molar-refractivity contribution in [1.82, 2.24) is 0 Å². The Morgan fingerprint density at radius 1 is 0.775 bits per heavy atom. The van der Waals surface area contributed by atoms with Gasteiger partial charge in [-0.1, -0.05) is 84.3 Å². The molecule has 0 saturated heterocycles. The summed E-state index contributed by atoms with van der Waals surface area (Å²) in [6, 6.07) is 0. The molecule has 6 N–H and O–H groups in total. The lowest BCUT2D eigenvalue weighted by atomic mass is 9.80. The maximum atomic E-state index is 12.7. The molecule has 236 valence electrons. The normalized spacial score (nSPS) is 16.5. The number of hydrogen-bond acceptors (Lipinski definition) is 8. The first-order chi connectivity index (χ1) is 18.8. The van der Waals surface area contributed by atoms with E-state index in [1.807, 2.05) is 6.92 Å². The summed E-state index contributed by atoms with van der Waals surface area (Å²) < 4.78 is 5.28. The van der Waals surface area contributed by atoms with Crippen molar-refractivity contribution in [1.29, 1.82) is 0 Å². The van der Waals surface area contributed by atoms with Crippen LogP contribution in [0.3, 0.4) is 0 Å². The van der Waals surface area contributed by atoms with Crippen molar-refractivity contribution in [2.45, 2.75) is 105 Å². The van der Waals surface area contributed by atoms with Gasteiger partial charge in [0.2, 0.25) is 0 Å². The van der Waals surface area contributed by atoms with Crippen LogP contribution in [0.15, 0.2) is 11.6 Å². The zero-order valence-electron chi connectivity index (χ0n) is 25.6. The Hall–Kier alpha value is -1.36. The summed E-state index contributed by atoms with van der Waals surface area (Å²) in [4.78, 5) is 24.7. The molecule has 0 heterocycles. The Morgan fingerprint density at radius 3 is 1.73 bits per heavy atom. The highest BCUT2D eigenvalue weighted by Gasteiger charge is 2.49. The van der Waals surface area contributed by atoms with Gasteiger partial charge in [0.1, 0.15) is 11.5 Å². The number of carboxylic acids is 1. The van der Waals surface area contributed by atoms with Crippen molar-refractivity contribution < 1.29 is 45.0 Å². The van der Waals surface area contributed by atoms with E-state index in [9.17, 15) is 40.2 Å². The van der Waals surface area contributed by atoms with Crippen LogP contribution in [0, 0.1) is 28.6 Å². The van der Waals surface area contributed by atoms with Crippen molar-refractivity contribution in [3.63, 3.8) is 0 Å². The van der Waals surface area contributed by atoms with Crippen LogP contribution in [-0.2, 0) is 14.3 Å². The summed E-state index contributed by atoms with van der Waals surface area (Å²) in [6.07, 6.45) is 9.99. The molecule has 0 fully saturated rings. The third kappa shape index (κ3) is 14.0. The predicted octanol–water partition coefficient (Wildman–Crippen LogP) is 3.74. The summed E-state index contributed by atoms with van der Waals surface area (Å²) in [6.45, 7) is 6.97. The molecular formula is C31H58O9. The van der Waals surface area contributed by atoms with Gasteiger partial charge in [0.15, 0.2) is 5.78 Å². The largest absolute Gasteiger partial charge is 0.481 e. The molecular weight excluding hydrogens is 516 g/mol. The van der Waals surface area contributed by atoms with Gasteiger partial charge in [-0.3, -0.25) is 9.59 Å². The highest BCUT2D eigenvalue weighted by molar-refractivity contribution is 5.91. The Labute approximate surface area is 241 Å². The highest BCUT2D eigenvalue weighted by Crippen LogP contribution is 2.27. The zero-order chi connectivity index (χ0) is 30.8. The number of ether oxygens (including phenoxy) is 1. The van der Waals surface area contributed by atoms with Crippen LogP contribution >= 0.6 is 0 Å². The third-order valence-corrected chi connectivity index (χ3v) is 8.10. The minimum absolute atomic E-state index is 0.180. The molecule has 0 aliphatic carbocycles. The summed E-state index contributed by atoms with van der Waals surface area (Å²) in [5.74, 6) is -0.194. The molecule has 0 aliphatic rings. The predicted molar refractivity (Wildman–Crippen MR) is 156 cm³/mol. The summed E-state index contributed by atoms with van der Waals surface area (Å²) in [5.41, 5.74) is -2.75. The molecule has 0 radical (unpaired) electrons. The number of carboxylic acid groups (broad SMARTS) is 1. The minimum Gasteiger partial charge on any atom is -0.481 e. The molecule has 9 heteroatoms. The van der Waals surface area contributed by atoms with Gasteiger partial charge < -0.3 is 35.4 Å². The molecule has 0 saturated carbocycles. The van der Waals surface area contributed by atoms with Gasteiger partial charge in [0.05, 0.1) is 45.1 Å². The number of aliphatic hydroxyl groups excluding tert-OH is 5. The second-order valence-corrected chi connectivity index (χ2v) is 12.6. The number of aliphatic hydroxyl groups is 5. The molecule has 0 spiro atoms. The van der Waals surface area contributed by atoms with Crippen molar-refractivity contribution in [3.05, 3.63) is 11.6 Å². The summed E-state index contributed by atoms with van der Waals surface area (Å²) in [7, 11) is 0. The topological polar surface area (TPSA) is 165 Å². The maximum Gasteiger partial charge on any atom is 0.317 e. The number of Topliss-reactive ketones (excluding diaryl/α,β-unsaturated/α-hetero) is 1. The van der Waals surface area contributed by atoms with E-state index in [4.69, 9.17) is 4.74 Å². The monoisotopic (exact) mass is 574 g/mol. The van der Waals surface area contributed by atoms with Crippen LogP contribution in [-0.4, -0.2) is 88.1 Å². The smallest absolute Gasteiger partial charge is 0.317 e. The van der Waals surface area contributed by atoms with Crippen molar-refractivity contribution in [3.8, 4) is 0 Å². The van der Waals surface area contributed by atoms with Crippen LogP contribution in [0.2, 0.25) is 0 Å². The number of carbonyl (C=O) groups excluding carboxylic acids is 1. The number of aliphatic carboxylic acids is 1. The van der Waals surface area contributed by atoms with Crippen LogP contribution in [0.5, 0.6) is 0 Å². The Morgan fingerprint density at radius 2 is 1.27 bits per heavy atom. The minimum atomic E-state index is -2.31. The Kier molecular flexibility index (Phi) is 19.8. The van der Waals surface area contributed by atoms with Gasteiger partial charge >= 0.3 is 5.97 Å². The van der Waals surface area contributed by atoms with Crippen LogP contribution in [0.1, 0.15) is 98.8 Å². The van der Waals surface area contributed by atoms with E-state index in [2.05, 4.69) is 27.7 Å². The molecule has 0 aliphatic heterocycles. The lowest BCUT2D eigenvalue weighted by Gasteiger charge is -2.33. The fourth-order valence-electron chi connectivity index (χ4n) is 4.70. The van der Waals surface area contributed by atoms with Gasteiger partial charge in [-0.2, -0.15) is 0 Å². The van der Waals surface area contributed by atoms with E-state index in [1.54, 1.807) is 6.08 Å². The van der Waals surface area contributed by atoms with Gasteiger partial charge in [-0.15, -0.1) is 0 Å². The molecule has 0 amide bonds. The van der Waals surface area contributed by atoms with Gasteiger partial charge in [-0.05, 0) is 37.5 Å². The van der Waals surface area contributed by atoms with E-state index < -0.39 is 68.3 Å². The Balaban J connectivity index is 4.69. The summed E-state index contributed by atoms with van der Waals surface area (Å²) >= 11 is 0. The van der Waals surface area contributed by atoms with E-state index in [0.29, 0.717) is 5.92 Å². The van der Waals surface area contributed by atoms with E-state index in [1.165, 1.54) is 38.5 Å². The lowest BCUT2D eigenvalue weighted by molar-refractivity contribution is -0.175. The Bertz CT molecular complexity index is 724. The van der Waals surface area contributed by atoms with Crippen LogP contribution in [0.25, 0.3) is 0 Å². The molecule has 0 aromatic rings. The molecule has 40 heavy (non-hydrogen) atoms. The standard InChI is InChI=1S/C31H58O9/c1-23(2)9-6-10-24(3)11-7-12-25(4)13-8-14-26(5)15-16-27(36)28(37)31(20-35,29(38)39)22-40-21-30(17-32,18-33)19-34/h15,23-25,28,32-35,37H,6-14,16-22H2,1-5H3,(H,38,39).